The quantitative estimate of drug-likeness (QED) is 0.180. The van der Waals surface area contributed by atoms with Crippen molar-refractivity contribution in [3.63, 3.8) is 0 Å². The van der Waals surface area contributed by atoms with E-state index in [1.807, 2.05) is 48.5 Å². The van der Waals surface area contributed by atoms with Crippen molar-refractivity contribution >= 4 is 54.6 Å². The third kappa shape index (κ3) is 5.06. The molecule has 3 heterocycles. The van der Waals surface area contributed by atoms with Crippen LogP contribution in [0.3, 0.4) is 0 Å². The van der Waals surface area contributed by atoms with Crippen molar-refractivity contribution in [1.82, 2.24) is 15.0 Å². The lowest BCUT2D eigenvalue weighted by molar-refractivity contribution is 0.669. The zero-order valence-corrected chi connectivity index (χ0v) is 28.9. The maximum atomic E-state index is 6.56. The highest BCUT2D eigenvalue weighted by Gasteiger charge is 2.20. The fourth-order valence-corrected chi connectivity index (χ4v) is 7.63. The van der Waals surface area contributed by atoms with E-state index in [9.17, 15) is 0 Å². The monoisotopic (exact) mass is 691 g/mol. The number of aromatic nitrogens is 3. The topological polar surface area (TPSA) is 65.0 Å². The average Bonchev–Trinajstić information content (AvgIpc) is 3.81. The normalized spacial score (nSPS) is 11.7. The molecule has 0 N–H and O–H groups in total. The van der Waals surface area contributed by atoms with Gasteiger partial charge in [-0.2, -0.15) is 0 Å². The molecule has 0 aliphatic carbocycles. The molecule has 0 spiro atoms. The van der Waals surface area contributed by atoms with Crippen LogP contribution in [0.4, 0.5) is 0 Å². The molecule has 0 saturated heterocycles. The van der Waals surface area contributed by atoms with Crippen LogP contribution >= 0.6 is 0 Å². The minimum Gasteiger partial charge on any atom is -0.456 e. The van der Waals surface area contributed by atoms with Gasteiger partial charge in [-0.3, -0.25) is 0 Å². The molecule has 54 heavy (non-hydrogen) atoms. The van der Waals surface area contributed by atoms with Gasteiger partial charge in [-0.1, -0.05) is 133 Å². The number of furan rings is 2. The summed E-state index contributed by atoms with van der Waals surface area (Å²) in [4.78, 5) is 15.6. The van der Waals surface area contributed by atoms with Gasteiger partial charge in [-0.05, 0) is 75.5 Å². The van der Waals surface area contributed by atoms with Crippen molar-refractivity contribution in [3.05, 3.63) is 176 Å². The Bertz CT molecular complexity index is 3210. The highest BCUT2D eigenvalue weighted by Crippen LogP contribution is 2.41. The predicted octanol–water partition coefficient (Wildman–Crippen LogP) is 13.2. The van der Waals surface area contributed by atoms with E-state index >= 15 is 0 Å². The number of fused-ring (bicyclic) bond motifs is 7. The molecule has 5 nitrogen and oxygen atoms in total. The van der Waals surface area contributed by atoms with Gasteiger partial charge in [0.2, 0.25) is 0 Å². The minimum atomic E-state index is 0.573. The van der Waals surface area contributed by atoms with Gasteiger partial charge >= 0.3 is 0 Å². The van der Waals surface area contributed by atoms with E-state index in [1.165, 1.54) is 0 Å². The molecule has 0 aliphatic heterocycles. The van der Waals surface area contributed by atoms with Crippen LogP contribution in [0.1, 0.15) is 0 Å². The number of nitrogens with zero attached hydrogens (tertiary/aromatic N) is 3. The number of benzene rings is 8. The fourth-order valence-electron chi connectivity index (χ4n) is 7.63. The summed E-state index contributed by atoms with van der Waals surface area (Å²) in [7, 11) is 0. The molecule has 11 rings (SSSR count). The van der Waals surface area contributed by atoms with Crippen LogP contribution < -0.4 is 0 Å². The molecule has 8 aromatic carbocycles. The molecule has 252 valence electrons. The third-order valence-corrected chi connectivity index (χ3v) is 10.3. The van der Waals surface area contributed by atoms with E-state index in [0.717, 1.165) is 93.6 Å². The Kier molecular flexibility index (Phi) is 6.79. The summed E-state index contributed by atoms with van der Waals surface area (Å²) in [5.41, 5.74) is 10.3. The highest BCUT2D eigenvalue weighted by atomic mass is 16.3. The van der Waals surface area contributed by atoms with Gasteiger partial charge in [0.05, 0.1) is 0 Å². The largest absolute Gasteiger partial charge is 0.456 e. The van der Waals surface area contributed by atoms with Crippen LogP contribution in [0.2, 0.25) is 0 Å². The lowest BCUT2D eigenvalue weighted by Gasteiger charge is -2.12. The lowest BCUT2D eigenvalue weighted by atomic mass is 9.97. The van der Waals surface area contributed by atoms with Crippen molar-refractivity contribution in [2.24, 2.45) is 0 Å². The molecule has 0 amide bonds. The Morgan fingerprint density at radius 3 is 1.70 bits per heavy atom. The van der Waals surface area contributed by atoms with E-state index in [2.05, 4.69) is 127 Å². The maximum absolute atomic E-state index is 6.56. The first-order valence-electron chi connectivity index (χ1n) is 18.0. The predicted molar refractivity (Wildman–Crippen MR) is 219 cm³/mol. The van der Waals surface area contributed by atoms with Crippen LogP contribution in [0, 0.1) is 0 Å². The molecule has 0 atom stereocenters. The Morgan fingerprint density at radius 1 is 0.296 bits per heavy atom. The van der Waals surface area contributed by atoms with Crippen molar-refractivity contribution in [1.29, 1.82) is 0 Å². The molecule has 0 aliphatic rings. The summed E-state index contributed by atoms with van der Waals surface area (Å²) in [6.45, 7) is 0. The zero-order chi connectivity index (χ0) is 35.6. The number of para-hydroxylation sites is 2. The van der Waals surface area contributed by atoms with Gasteiger partial charge in [-0.15, -0.1) is 0 Å². The standard InChI is InChI=1S/C49H29N3O2/c1-2-10-30(11-3-1)32-18-21-33(22-19-32)47-50-48(36-23-20-31-12-4-5-13-34(31)26-36)52-49(51-47)41-28-37(29-45-46(41)39-15-7-9-17-43(39)54-45)35-24-25-44-40(27-35)38-14-6-8-16-42(38)53-44/h1-29H. The second kappa shape index (κ2) is 12.1. The SMILES string of the molecule is c1ccc(-c2ccc(-c3nc(-c4ccc5ccccc5c4)nc(-c4cc(-c5ccc6oc7ccccc7c6c5)cc5oc6ccccc6c45)n3)cc2)cc1. The first-order chi connectivity index (χ1) is 26.7. The summed E-state index contributed by atoms with van der Waals surface area (Å²) < 4.78 is 12.7. The van der Waals surface area contributed by atoms with E-state index in [1.54, 1.807) is 0 Å². The molecule has 3 aromatic heterocycles. The van der Waals surface area contributed by atoms with E-state index in [-0.39, 0.29) is 0 Å². The molecule has 11 aromatic rings. The lowest BCUT2D eigenvalue weighted by Crippen LogP contribution is -2.01. The van der Waals surface area contributed by atoms with Gasteiger partial charge in [0.15, 0.2) is 17.5 Å². The zero-order valence-electron chi connectivity index (χ0n) is 28.9. The van der Waals surface area contributed by atoms with Crippen molar-refractivity contribution < 1.29 is 8.83 Å². The Balaban J connectivity index is 1.15. The summed E-state index contributed by atoms with van der Waals surface area (Å²) >= 11 is 0. The van der Waals surface area contributed by atoms with Gasteiger partial charge in [0.25, 0.3) is 0 Å². The molecule has 0 fully saturated rings. The van der Waals surface area contributed by atoms with Gasteiger partial charge in [-0.25, -0.2) is 15.0 Å². The molecule has 0 unspecified atom stereocenters. The molecule has 0 radical (unpaired) electrons. The van der Waals surface area contributed by atoms with E-state index in [0.29, 0.717) is 17.5 Å². The first-order valence-corrected chi connectivity index (χ1v) is 18.0. The van der Waals surface area contributed by atoms with E-state index < -0.39 is 0 Å². The van der Waals surface area contributed by atoms with Gasteiger partial charge in [0, 0.05) is 38.2 Å². The number of hydrogen-bond donors (Lipinski definition) is 0. The second-order valence-electron chi connectivity index (χ2n) is 13.6. The van der Waals surface area contributed by atoms with Crippen LogP contribution in [-0.2, 0) is 0 Å². The van der Waals surface area contributed by atoms with E-state index in [4.69, 9.17) is 23.8 Å². The van der Waals surface area contributed by atoms with Crippen molar-refractivity contribution in [3.8, 4) is 56.4 Å². The average molecular weight is 692 g/mol. The summed E-state index contributed by atoms with van der Waals surface area (Å²) in [5.74, 6) is 1.77. The molecule has 0 saturated carbocycles. The summed E-state index contributed by atoms with van der Waals surface area (Å²) in [6, 6.07) is 60.5. The summed E-state index contributed by atoms with van der Waals surface area (Å²) in [5, 5.41) is 6.40. The molecular formula is C49H29N3O2. The minimum absolute atomic E-state index is 0.573. The molecular weight excluding hydrogens is 663 g/mol. The van der Waals surface area contributed by atoms with Crippen LogP contribution in [0.25, 0.3) is 111 Å². The fraction of sp³-hybridized carbons (Fsp3) is 0. The van der Waals surface area contributed by atoms with Crippen LogP contribution in [-0.4, -0.2) is 15.0 Å². The van der Waals surface area contributed by atoms with Crippen LogP contribution in [0.5, 0.6) is 0 Å². The van der Waals surface area contributed by atoms with Crippen LogP contribution in [0.15, 0.2) is 185 Å². The maximum Gasteiger partial charge on any atom is 0.164 e. The molecule has 5 heteroatoms. The number of hydrogen-bond acceptors (Lipinski definition) is 5. The van der Waals surface area contributed by atoms with Gasteiger partial charge in [0.1, 0.15) is 22.3 Å². The van der Waals surface area contributed by atoms with Crippen molar-refractivity contribution in [2.45, 2.75) is 0 Å². The molecule has 0 bridgehead atoms. The Labute approximate surface area is 309 Å². The first kappa shape index (κ1) is 30.3. The highest BCUT2D eigenvalue weighted by molar-refractivity contribution is 6.13. The Morgan fingerprint density at radius 2 is 0.870 bits per heavy atom. The Hall–Kier alpha value is -7.37. The van der Waals surface area contributed by atoms with Gasteiger partial charge < -0.3 is 8.83 Å². The smallest absolute Gasteiger partial charge is 0.164 e. The van der Waals surface area contributed by atoms with Crippen molar-refractivity contribution in [2.75, 3.05) is 0 Å². The second-order valence-corrected chi connectivity index (χ2v) is 13.6. The third-order valence-electron chi connectivity index (χ3n) is 10.3. The summed E-state index contributed by atoms with van der Waals surface area (Å²) in [6.07, 6.45) is 0. The number of rotatable bonds is 5.